The maximum absolute atomic E-state index is 3.62. The van der Waals surface area contributed by atoms with Gasteiger partial charge in [0.2, 0.25) is 0 Å². The van der Waals surface area contributed by atoms with Gasteiger partial charge in [0.1, 0.15) is 0 Å². The van der Waals surface area contributed by atoms with Crippen LogP contribution < -0.4 is 0 Å². The largest absolute Gasteiger partial charge is 0.0991 e. The van der Waals surface area contributed by atoms with Crippen molar-refractivity contribution in [2.45, 2.75) is 6.92 Å². The van der Waals surface area contributed by atoms with Crippen LogP contribution in [0.4, 0.5) is 0 Å². The van der Waals surface area contributed by atoms with Gasteiger partial charge in [0.05, 0.1) is 0 Å². The molecule has 0 N–H and O–H groups in total. The van der Waals surface area contributed by atoms with E-state index in [1.54, 1.807) is 6.08 Å². The zero-order chi connectivity index (χ0) is 10.9. The van der Waals surface area contributed by atoms with Gasteiger partial charge in [-0.2, -0.15) is 0 Å². The fourth-order valence-electron chi connectivity index (χ4n) is 1.13. The molecule has 15 heavy (non-hydrogen) atoms. The standard InChI is InChI=1S/C15H16/c1-3-4-6-9-14(2)12-13-15-10-7-5-8-11-15/h3-13H,1H2,2H3/b6-4-,13-12+,14-9+. The molecular weight excluding hydrogens is 180 g/mol. The topological polar surface area (TPSA) is 0 Å². The summed E-state index contributed by atoms with van der Waals surface area (Å²) in [6.45, 7) is 5.69. The second kappa shape index (κ2) is 6.61. The smallest absolute Gasteiger partial charge is 0.0257 e. The number of allylic oxidation sites excluding steroid dienone is 6. The van der Waals surface area contributed by atoms with Crippen LogP contribution in [-0.4, -0.2) is 0 Å². The summed E-state index contributed by atoms with van der Waals surface area (Å²) >= 11 is 0. The molecule has 0 aliphatic carbocycles. The Bertz CT molecular complexity index is 378. The normalized spacial score (nSPS) is 12.5. The summed E-state index contributed by atoms with van der Waals surface area (Å²) in [6, 6.07) is 10.3. The van der Waals surface area contributed by atoms with Crippen molar-refractivity contribution in [1.82, 2.24) is 0 Å². The van der Waals surface area contributed by atoms with Gasteiger partial charge in [-0.3, -0.25) is 0 Å². The minimum absolute atomic E-state index is 1.22. The molecule has 0 aromatic heterocycles. The van der Waals surface area contributed by atoms with Gasteiger partial charge >= 0.3 is 0 Å². The fraction of sp³-hybridized carbons (Fsp3) is 0.0667. The van der Waals surface area contributed by atoms with Crippen molar-refractivity contribution in [2.24, 2.45) is 0 Å². The highest BCUT2D eigenvalue weighted by Gasteiger charge is 1.82. The van der Waals surface area contributed by atoms with Crippen molar-refractivity contribution >= 4 is 6.08 Å². The Hall–Kier alpha value is -1.82. The molecule has 0 aliphatic heterocycles. The molecule has 0 spiro atoms. The maximum Gasteiger partial charge on any atom is -0.0257 e. The molecule has 0 aliphatic rings. The van der Waals surface area contributed by atoms with Gasteiger partial charge in [-0.15, -0.1) is 0 Å². The molecule has 1 aromatic rings. The number of rotatable bonds is 4. The van der Waals surface area contributed by atoms with E-state index in [2.05, 4.69) is 43.9 Å². The van der Waals surface area contributed by atoms with Gasteiger partial charge in [0.15, 0.2) is 0 Å². The predicted octanol–water partition coefficient (Wildman–Crippen LogP) is 4.39. The molecule has 0 saturated carbocycles. The number of benzene rings is 1. The monoisotopic (exact) mass is 196 g/mol. The Labute approximate surface area is 92.0 Å². The summed E-state index contributed by atoms with van der Waals surface area (Å²) in [5.74, 6) is 0. The third kappa shape index (κ3) is 4.82. The Balaban J connectivity index is 2.62. The highest BCUT2D eigenvalue weighted by molar-refractivity contribution is 5.52. The molecule has 0 saturated heterocycles. The maximum atomic E-state index is 3.62. The van der Waals surface area contributed by atoms with E-state index in [-0.39, 0.29) is 0 Å². The van der Waals surface area contributed by atoms with Crippen LogP contribution in [0.5, 0.6) is 0 Å². The van der Waals surface area contributed by atoms with Gasteiger partial charge in [0.25, 0.3) is 0 Å². The van der Waals surface area contributed by atoms with Gasteiger partial charge in [0, 0.05) is 0 Å². The van der Waals surface area contributed by atoms with Crippen LogP contribution in [0.15, 0.2) is 72.9 Å². The van der Waals surface area contributed by atoms with E-state index in [1.165, 1.54) is 11.1 Å². The molecule has 0 unspecified atom stereocenters. The van der Waals surface area contributed by atoms with Gasteiger partial charge in [-0.1, -0.05) is 78.9 Å². The molecule has 1 rings (SSSR count). The quantitative estimate of drug-likeness (QED) is 0.626. The zero-order valence-electron chi connectivity index (χ0n) is 9.06. The molecule has 1 aromatic carbocycles. The molecule has 0 heteroatoms. The first-order valence-corrected chi connectivity index (χ1v) is 5.02. The van der Waals surface area contributed by atoms with Crippen molar-refractivity contribution in [3.05, 3.63) is 78.4 Å². The van der Waals surface area contributed by atoms with Crippen LogP contribution in [0.25, 0.3) is 6.08 Å². The SMILES string of the molecule is C=C\C=C/C=C(C)/C=C/c1ccccc1. The molecule has 76 valence electrons. The number of hydrogen-bond donors (Lipinski definition) is 0. The van der Waals surface area contributed by atoms with E-state index < -0.39 is 0 Å². The van der Waals surface area contributed by atoms with E-state index in [0.717, 1.165) is 0 Å². The van der Waals surface area contributed by atoms with E-state index in [1.807, 2.05) is 30.4 Å². The summed E-state index contributed by atoms with van der Waals surface area (Å²) in [6.07, 6.45) is 11.9. The van der Waals surface area contributed by atoms with Crippen LogP contribution in [-0.2, 0) is 0 Å². The predicted molar refractivity (Wildman–Crippen MR) is 68.6 cm³/mol. The lowest BCUT2D eigenvalue weighted by Crippen LogP contribution is -1.70. The second-order valence-corrected chi connectivity index (χ2v) is 3.28. The Morgan fingerprint density at radius 3 is 2.53 bits per heavy atom. The molecule has 0 amide bonds. The number of hydrogen-bond acceptors (Lipinski definition) is 0. The van der Waals surface area contributed by atoms with E-state index in [0.29, 0.717) is 0 Å². The van der Waals surface area contributed by atoms with Crippen molar-refractivity contribution in [1.29, 1.82) is 0 Å². The Kier molecular flexibility index (Phi) is 4.96. The van der Waals surface area contributed by atoms with Crippen LogP contribution in [0.1, 0.15) is 12.5 Å². The molecule has 0 atom stereocenters. The average molecular weight is 196 g/mol. The molecule has 0 heterocycles. The summed E-state index contributed by atoms with van der Waals surface area (Å²) in [7, 11) is 0. The Morgan fingerprint density at radius 2 is 1.87 bits per heavy atom. The Morgan fingerprint density at radius 1 is 1.13 bits per heavy atom. The summed E-state index contributed by atoms with van der Waals surface area (Å²) in [4.78, 5) is 0. The molecule has 0 nitrogen and oxygen atoms in total. The first kappa shape index (κ1) is 11.3. The minimum atomic E-state index is 1.22. The van der Waals surface area contributed by atoms with E-state index in [4.69, 9.17) is 0 Å². The second-order valence-electron chi connectivity index (χ2n) is 3.28. The summed E-state index contributed by atoms with van der Waals surface area (Å²) in [5.41, 5.74) is 2.44. The van der Waals surface area contributed by atoms with E-state index in [9.17, 15) is 0 Å². The lowest BCUT2D eigenvalue weighted by atomic mass is 10.1. The van der Waals surface area contributed by atoms with Gasteiger partial charge in [-0.25, -0.2) is 0 Å². The molecule has 0 fully saturated rings. The first-order valence-electron chi connectivity index (χ1n) is 5.02. The lowest BCUT2D eigenvalue weighted by Gasteiger charge is -1.91. The summed E-state index contributed by atoms with van der Waals surface area (Å²) < 4.78 is 0. The summed E-state index contributed by atoms with van der Waals surface area (Å²) in [5, 5.41) is 0. The van der Waals surface area contributed by atoms with Crippen LogP contribution in [0.2, 0.25) is 0 Å². The zero-order valence-corrected chi connectivity index (χ0v) is 9.06. The van der Waals surface area contributed by atoms with Crippen LogP contribution in [0.3, 0.4) is 0 Å². The van der Waals surface area contributed by atoms with E-state index >= 15 is 0 Å². The molecule has 0 bridgehead atoms. The highest BCUT2D eigenvalue weighted by Crippen LogP contribution is 2.04. The van der Waals surface area contributed by atoms with Crippen LogP contribution >= 0.6 is 0 Å². The minimum Gasteiger partial charge on any atom is -0.0991 e. The van der Waals surface area contributed by atoms with Crippen molar-refractivity contribution in [2.75, 3.05) is 0 Å². The first-order chi connectivity index (χ1) is 7.33. The molecule has 0 radical (unpaired) electrons. The third-order valence-corrected chi connectivity index (χ3v) is 1.94. The van der Waals surface area contributed by atoms with Crippen molar-refractivity contribution in [3.63, 3.8) is 0 Å². The van der Waals surface area contributed by atoms with Gasteiger partial charge in [-0.05, 0) is 12.5 Å². The average Bonchev–Trinajstić information content (AvgIpc) is 2.28. The van der Waals surface area contributed by atoms with Crippen LogP contribution in [0, 0.1) is 0 Å². The van der Waals surface area contributed by atoms with Crippen molar-refractivity contribution < 1.29 is 0 Å². The molecular formula is C15H16. The fourth-order valence-corrected chi connectivity index (χ4v) is 1.13. The third-order valence-electron chi connectivity index (χ3n) is 1.94. The lowest BCUT2D eigenvalue weighted by molar-refractivity contribution is 1.53. The highest BCUT2D eigenvalue weighted by atomic mass is 13.9. The van der Waals surface area contributed by atoms with Crippen molar-refractivity contribution in [3.8, 4) is 0 Å². The van der Waals surface area contributed by atoms with Gasteiger partial charge < -0.3 is 0 Å².